The number of amides is 1. The van der Waals surface area contributed by atoms with E-state index in [1.165, 1.54) is 5.01 Å². The lowest BCUT2D eigenvalue weighted by Crippen LogP contribution is -2.27. The number of benzene rings is 2. The largest absolute Gasteiger partial charge is 0.494 e. The molecule has 0 aliphatic carbocycles. The molecule has 0 spiro atoms. The van der Waals surface area contributed by atoms with Crippen LogP contribution in [0.3, 0.4) is 0 Å². The highest BCUT2D eigenvalue weighted by Gasteiger charge is 2.34. The summed E-state index contributed by atoms with van der Waals surface area (Å²) in [7, 11) is 1.57. The van der Waals surface area contributed by atoms with Crippen LogP contribution in [0.25, 0.3) is 10.9 Å². The number of ether oxygens (including phenoxy) is 1. The average Bonchev–Trinajstić information content (AvgIpc) is 3.23. The van der Waals surface area contributed by atoms with Gasteiger partial charge in [-0.1, -0.05) is 47.5 Å². The van der Waals surface area contributed by atoms with Gasteiger partial charge in [-0.05, 0) is 36.2 Å². The fourth-order valence-electron chi connectivity index (χ4n) is 3.87. The molecule has 1 amide bonds. The lowest BCUT2D eigenvalue weighted by Gasteiger charge is -2.23. The number of hydrogen-bond donors (Lipinski definition) is 1. The number of pyridine rings is 1. The van der Waals surface area contributed by atoms with Crippen LogP contribution in [0.1, 0.15) is 42.9 Å². The first-order valence-electron chi connectivity index (χ1n) is 10.4. The van der Waals surface area contributed by atoms with Crippen molar-refractivity contribution in [2.24, 2.45) is 5.10 Å². The number of fused-ring (bicyclic) bond motifs is 1. The maximum atomic E-state index is 13.0. The molecule has 2 aromatic carbocycles. The predicted molar refractivity (Wildman–Crippen MR) is 127 cm³/mol. The monoisotopic (exact) mass is 485 g/mol. The van der Waals surface area contributed by atoms with E-state index in [0.29, 0.717) is 34.0 Å². The van der Waals surface area contributed by atoms with Crippen LogP contribution in [0.15, 0.2) is 53.6 Å². The molecular weight excluding hydrogens is 465 g/mol. The highest BCUT2D eigenvalue weighted by atomic mass is 35.5. The number of carboxylic acid groups (broad SMARTS) is 1. The molecule has 4 rings (SSSR count). The van der Waals surface area contributed by atoms with E-state index >= 15 is 0 Å². The van der Waals surface area contributed by atoms with Crippen LogP contribution in [-0.2, 0) is 9.59 Å². The van der Waals surface area contributed by atoms with E-state index in [4.69, 9.17) is 33.0 Å². The molecular formula is C24H21Cl2N3O4. The van der Waals surface area contributed by atoms with Gasteiger partial charge in [0.05, 0.1) is 18.9 Å². The summed E-state index contributed by atoms with van der Waals surface area (Å²) in [6.45, 7) is 0. The number of hydrazone groups is 1. The molecule has 1 N–H and O–H groups in total. The lowest BCUT2D eigenvalue weighted by molar-refractivity contribution is -0.137. The Balaban J connectivity index is 1.71. The van der Waals surface area contributed by atoms with Gasteiger partial charge in [-0.15, -0.1) is 0 Å². The SMILES string of the molecule is COc1cccc2cc([C@@H]3CC(c4ccc(Cl)cc4)=NN3C(=O)CCCC(=O)O)c(Cl)nc12. The van der Waals surface area contributed by atoms with Crippen LogP contribution in [-0.4, -0.2) is 39.8 Å². The maximum Gasteiger partial charge on any atom is 0.303 e. The molecule has 170 valence electrons. The Labute approximate surface area is 200 Å². The van der Waals surface area contributed by atoms with Crippen LogP contribution < -0.4 is 4.74 Å². The average molecular weight is 486 g/mol. The fourth-order valence-corrected chi connectivity index (χ4v) is 4.26. The topological polar surface area (TPSA) is 92.1 Å². The third-order valence-electron chi connectivity index (χ3n) is 5.49. The standard InChI is InChI=1S/C24H21Cl2N3O4/c1-33-20-5-2-4-15-12-17(24(26)27-23(15)20)19-13-18(14-8-10-16(25)11-9-14)28-29(19)21(30)6-3-7-22(31)32/h2,4-5,8-12,19H,3,6-7,13H2,1H3,(H,31,32)/t19-/m0/s1. The summed E-state index contributed by atoms with van der Waals surface area (Å²) in [6, 6.07) is 14.2. The van der Waals surface area contributed by atoms with Crippen molar-refractivity contribution in [2.45, 2.75) is 31.7 Å². The van der Waals surface area contributed by atoms with Crippen molar-refractivity contribution in [2.75, 3.05) is 7.11 Å². The van der Waals surface area contributed by atoms with Crippen molar-refractivity contribution in [3.05, 3.63) is 69.8 Å². The second kappa shape index (κ2) is 9.77. The maximum absolute atomic E-state index is 13.0. The van der Waals surface area contributed by atoms with Gasteiger partial charge in [-0.25, -0.2) is 9.99 Å². The zero-order valence-electron chi connectivity index (χ0n) is 17.8. The summed E-state index contributed by atoms with van der Waals surface area (Å²) in [5, 5.41) is 16.6. The van der Waals surface area contributed by atoms with Crippen LogP contribution in [0.4, 0.5) is 0 Å². The van der Waals surface area contributed by atoms with Gasteiger partial charge in [0.25, 0.3) is 0 Å². The molecule has 9 heteroatoms. The van der Waals surface area contributed by atoms with Gasteiger partial charge < -0.3 is 9.84 Å². The Hall–Kier alpha value is -3.16. The molecule has 1 atom stereocenters. The summed E-state index contributed by atoms with van der Waals surface area (Å²) < 4.78 is 5.39. The van der Waals surface area contributed by atoms with Gasteiger partial charge >= 0.3 is 5.97 Å². The Morgan fingerprint density at radius 3 is 2.61 bits per heavy atom. The van der Waals surface area contributed by atoms with Crippen molar-refractivity contribution in [1.82, 2.24) is 9.99 Å². The van der Waals surface area contributed by atoms with Crippen LogP contribution in [0, 0.1) is 0 Å². The molecule has 1 aliphatic rings. The number of carbonyl (C=O) groups is 2. The molecule has 0 saturated heterocycles. The van der Waals surface area contributed by atoms with Gasteiger partial charge in [0.2, 0.25) is 5.91 Å². The van der Waals surface area contributed by atoms with E-state index < -0.39 is 12.0 Å². The summed E-state index contributed by atoms with van der Waals surface area (Å²) in [6.07, 6.45) is 0.635. The van der Waals surface area contributed by atoms with Crippen molar-refractivity contribution < 1.29 is 19.4 Å². The molecule has 1 aromatic heterocycles. The highest BCUT2D eigenvalue weighted by molar-refractivity contribution is 6.31. The molecule has 2 heterocycles. The molecule has 0 saturated carbocycles. The fraction of sp³-hybridized carbons (Fsp3) is 0.250. The normalized spacial score (nSPS) is 15.5. The number of halogens is 2. The molecule has 7 nitrogen and oxygen atoms in total. The first kappa shape index (κ1) is 23.0. The molecule has 0 bridgehead atoms. The van der Waals surface area contributed by atoms with Crippen molar-refractivity contribution in [3.8, 4) is 5.75 Å². The van der Waals surface area contributed by atoms with Gasteiger partial charge in [-0.3, -0.25) is 9.59 Å². The van der Waals surface area contributed by atoms with Crippen LogP contribution >= 0.6 is 23.2 Å². The third-order valence-corrected chi connectivity index (χ3v) is 6.05. The number of hydrogen-bond acceptors (Lipinski definition) is 5. The molecule has 33 heavy (non-hydrogen) atoms. The quantitative estimate of drug-likeness (QED) is 0.447. The summed E-state index contributed by atoms with van der Waals surface area (Å²) in [5.74, 6) is -0.610. The second-order valence-electron chi connectivity index (χ2n) is 7.66. The van der Waals surface area contributed by atoms with Gasteiger partial charge in [0.15, 0.2) is 0 Å². The van der Waals surface area contributed by atoms with E-state index in [9.17, 15) is 9.59 Å². The number of para-hydroxylation sites is 1. The van der Waals surface area contributed by atoms with E-state index in [1.54, 1.807) is 25.3 Å². The number of methoxy groups -OCH3 is 1. The summed E-state index contributed by atoms with van der Waals surface area (Å²) >= 11 is 12.6. The Morgan fingerprint density at radius 1 is 1.15 bits per heavy atom. The van der Waals surface area contributed by atoms with E-state index in [-0.39, 0.29) is 30.3 Å². The molecule has 1 aliphatic heterocycles. The zero-order valence-corrected chi connectivity index (χ0v) is 19.3. The van der Waals surface area contributed by atoms with Crippen LogP contribution in [0.5, 0.6) is 5.75 Å². The number of aromatic nitrogens is 1. The number of nitrogens with zero attached hydrogens (tertiary/aromatic N) is 3. The van der Waals surface area contributed by atoms with Gasteiger partial charge in [0, 0.05) is 35.2 Å². The van der Waals surface area contributed by atoms with Gasteiger partial charge in [0.1, 0.15) is 16.4 Å². The minimum Gasteiger partial charge on any atom is -0.494 e. The number of rotatable bonds is 7. The molecule has 0 unspecified atom stereocenters. The number of aliphatic carboxylic acids is 1. The third kappa shape index (κ3) is 4.94. The smallest absolute Gasteiger partial charge is 0.303 e. The summed E-state index contributed by atoms with van der Waals surface area (Å²) in [4.78, 5) is 28.4. The van der Waals surface area contributed by atoms with E-state index in [0.717, 1.165) is 10.9 Å². The lowest BCUT2D eigenvalue weighted by atomic mass is 9.98. The summed E-state index contributed by atoms with van der Waals surface area (Å²) in [5.41, 5.74) is 2.85. The van der Waals surface area contributed by atoms with Crippen molar-refractivity contribution in [1.29, 1.82) is 0 Å². The molecule has 0 fully saturated rings. The van der Waals surface area contributed by atoms with Crippen LogP contribution in [0.2, 0.25) is 10.2 Å². The molecule has 3 aromatic rings. The first-order chi connectivity index (χ1) is 15.9. The number of carboxylic acids is 1. The Bertz CT molecular complexity index is 1240. The first-order valence-corrected chi connectivity index (χ1v) is 11.1. The predicted octanol–water partition coefficient (Wildman–Crippen LogP) is 5.48. The second-order valence-corrected chi connectivity index (χ2v) is 8.45. The number of carbonyl (C=O) groups excluding carboxylic acids is 1. The Kier molecular flexibility index (Phi) is 6.81. The van der Waals surface area contributed by atoms with E-state index in [2.05, 4.69) is 10.1 Å². The minimum absolute atomic E-state index is 0.0622. The Morgan fingerprint density at radius 2 is 1.91 bits per heavy atom. The van der Waals surface area contributed by atoms with Crippen molar-refractivity contribution >= 4 is 51.7 Å². The van der Waals surface area contributed by atoms with Crippen molar-refractivity contribution in [3.63, 3.8) is 0 Å². The highest BCUT2D eigenvalue weighted by Crippen LogP contribution is 2.39. The zero-order chi connectivity index (χ0) is 23.5. The van der Waals surface area contributed by atoms with Gasteiger partial charge in [-0.2, -0.15) is 5.10 Å². The van der Waals surface area contributed by atoms with E-state index in [1.807, 2.05) is 30.3 Å². The molecule has 0 radical (unpaired) electrons. The minimum atomic E-state index is -0.943.